The normalized spacial score (nSPS) is 12.0. The molecular weight excluding hydrogens is 243 g/mol. The highest BCUT2D eigenvalue weighted by atomic mass is 19.1. The lowest BCUT2D eigenvalue weighted by Gasteiger charge is -2.05. The molecule has 0 aromatic rings. The number of esters is 2. The van der Waals surface area contributed by atoms with E-state index in [9.17, 15) is 14.0 Å². The van der Waals surface area contributed by atoms with Gasteiger partial charge in [-0.2, -0.15) is 0 Å². The summed E-state index contributed by atoms with van der Waals surface area (Å²) in [4.78, 5) is 22.5. The maximum Gasteiger partial charge on any atom is 0.344 e. The molecule has 0 saturated carbocycles. The molecule has 0 aliphatic heterocycles. The molecule has 0 rings (SSSR count). The molecule has 0 bridgehead atoms. The van der Waals surface area contributed by atoms with Crippen molar-refractivity contribution < 1.29 is 28.2 Å². The fourth-order valence-corrected chi connectivity index (χ4v) is 0.943. The second-order valence-corrected chi connectivity index (χ2v) is 2.95. The summed E-state index contributed by atoms with van der Waals surface area (Å²) in [6.07, 6.45) is 1.49. The van der Waals surface area contributed by atoms with Crippen molar-refractivity contribution in [2.24, 2.45) is 0 Å². The van der Waals surface area contributed by atoms with Gasteiger partial charge in [0.1, 0.15) is 17.7 Å². The van der Waals surface area contributed by atoms with Crippen LogP contribution in [0.2, 0.25) is 0 Å². The molecule has 0 aromatic carbocycles. The maximum absolute atomic E-state index is 13.6. The van der Waals surface area contributed by atoms with E-state index in [0.29, 0.717) is 6.08 Å². The largest absolute Gasteiger partial charge is 0.500 e. The summed E-state index contributed by atoms with van der Waals surface area (Å²) in [5.74, 6) is -2.83. The van der Waals surface area contributed by atoms with Gasteiger partial charge < -0.3 is 14.2 Å². The molecule has 0 spiro atoms. The van der Waals surface area contributed by atoms with E-state index in [1.54, 1.807) is 20.8 Å². The average Bonchev–Trinajstić information content (AvgIpc) is 2.30. The minimum absolute atomic E-state index is 0.0922. The third kappa shape index (κ3) is 6.03. The van der Waals surface area contributed by atoms with Gasteiger partial charge in [-0.3, -0.25) is 0 Å². The first-order valence-corrected chi connectivity index (χ1v) is 5.59. The van der Waals surface area contributed by atoms with E-state index in [1.165, 1.54) is 0 Å². The fraction of sp³-hybridized carbons (Fsp3) is 0.500. The summed E-state index contributed by atoms with van der Waals surface area (Å²) in [7, 11) is 0. The van der Waals surface area contributed by atoms with Crippen LogP contribution in [-0.2, 0) is 23.8 Å². The molecule has 0 saturated heterocycles. The maximum atomic E-state index is 13.6. The van der Waals surface area contributed by atoms with Gasteiger partial charge in [-0.15, -0.1) is 0 Å². The molecule has 0 N–H and O–H groups in total. The van der Waals surface area contributed by atoms with Gasteiger partial charge in [-0.05, 0) is 20.8 Å². The molecule has 0 fully saturated rings. The number of carbonyl (C=O) groups is 2. The van der Waals surface area contributed by atoms with Gasteiger partial charge in [0.2, 0.25) is 0 Å². The molecule has 0 amide bonds. The summed E-state index contributed by atoms with van der Waals surface area (Å²) in [5.41, 5.74) is -0.452. The van der Waals surface area contributed by atoms with Crippen LogP contribution < -0.4 is 0 Å². The number of halogens is 1. The highest BCUT2D eigenvalue weighted by Crippen LogP contribution is 2.14. The lowest BCUT2D eigenvalue weighted by molar-refractivity contribution is -0.138. The lowest BCUT2D eigenvalue weighted by atomic mass is 10.2. The molecule has 102 valence electrons. The SMILES string of the molecule is CCOC=C(C(=O)OCC)C(F)=CC(=O)OCC. The van der Waals surface area contributed by atoms with E-state index in [4.69, 9.17) is 4.74 Å². The molecule has 0 atom stereocenters. The Bertz CT molecular complexity index is 346. The van der Waals surface area contributed by atoms with Crippen LogP contribution in [0, 0.1) is 0 Å². The predicted molar refractivity (Wildman–Crippen MR) is 62.2 cm³/mol. The Balaban J connectivity index is 4.95. The molecule has 0 radical (unpaired) electrons. The summed E-state index contributed by atoms with van der Waals surface area (Å²) in [6, 6.07) is 0. The highest BCUT2D eigenvalue weighted by molar-refractivity contribution is 5.95. The second kappa shape index (κ2) is 9.21. The Morgan fingerprint density at radius 1 is 1.06 bits per heavy atom. The number of carbonyl (C=O) groups excluding carboxylic acids is 2. The van der Waals surface area contributed by atoms with Crippen molar-refractivity contribution in [3.63, 3.8) is 0 Å². The van der Waals surface area contributed by atoms with Crippen LogP contribution in [0.4, 0.5) is 4.39 Å². The first kappa shape index (κ1) is 16.1. The van der Waals surface area contributed by atoms with Crippen LogP contribution in [0.5, 0.6) is 0 Å². The second-order valence-electron chi connectivity index (χ2n) is 2.95. The third-order valence-corrected chi connectivity index (χ3v) is 1.65. The number of rotatable bonds is 7. The van der Waals surface area contributed by atoms with Gasteiger partial charge in [-0.1, -0.05) is 0 Å². The van der Waals surface area contributed by atoms with Gasteiger partial charge in [0.05, 0.1) is 25.9 Å². The van der Waals surface area contributed by atoms with E-state index in [0.717, 1.165) is 6.26 Å². The smallest absolute Gasteiger partial charge is 0.344 e. The number of hydrogen-bond donors (Lipinski definition) is 0. The van der Waals surface area contributed by atoms with E-state index >= 15 is 0 Å². The fourth-order valence-electron chi connectivity index (χ4n) is 0.943. The standard InChI is InChI=1S/C12H17FO5/c1-4-16-8-9(12(15)18-6-3)10(13)7-11(14)17-5-2/h7-8H,4-6H2,1-3H3. The molecule has 18 heavy (non-hydrogen) atoms. The summed E-state index contributed by atoms with van der Waals surface area (Å²) in [5, 5.41) is 0. The molecule has 6 heteroatoms. The molecule has 0 unspecified atom stereocenters. The van der Waals surface area contributed by atoms with Gasteiger partial charge >= 0.3 is 11.9 Å². The Kier molecular flexibility index (Phi) is 8.26. The molecule has 0 aliphatic rings. The average molecular weight is 260 g/mol. The zero-order chi connectivity index (χ0) is 14.0. The van der Waals surface area contributed by atoms with Crippen LogP contribution >= 0.6 is 0 Å². The molecule has 5 nitrogen and oxygen atoms in total. The minimum Gasteiger partial charge on any atom is -0.500 e. The number of ether oxygens (including phenoxy) is 3. The Labute approximate surface area is 105 Å². The van der Waals surface area contributed by atoms with Crippen LogP contribution in [0.25, 0.3) is 0 Å². The van der Waals surface area contributed by atoms with Crippen molar-refractivity contribution in [3.05, 3.63) is 23.7 Å². The zero-order valence-corrected chi connectivity index (χ0v) is 10.7. The van der Waals surface area contributed by atoms with Crippen molar-refractivity contribution in [1.29, 1.82) is 0 Å². The van der Waals surface area contributed by atoms with Crippen molar-refractivity contribution >= 4 is 11.9 Å². The van der Waals surface area contributed by atoms with Crippen molar-refractivity contribution in [2.75, 3.05) is 19.8 Å². The van der Waals surface area contributed by atoms with E-state index in [1.807, 2.05) is 0 Å². The minimum atomic E-state index is -1.06. The Morgan fingerprint density at radius 2 is 1.67 bits per heavy atom. The van der Waals surface area contributed by atoms with Gasteiger partial charge in [0.25, 0.3) is 0 Å². The van der Waals surface area contributed by atoms with E-state index in [2.05, 4.69) is 9.47 Å². The van der Waals surface area contributed by atoms with Crippen molar-refractivity contribution in [1.82, 2.24) is 0 Å². The molecule has 0 aromatic heterocycles. The summed E-state index contributed by atoms with van der Waals surface area (Å²) in [6.45, 7) is 5.32. The van der Waals surface area contributed by atoms with E-state index < -0.39 is 23.3 Å². The van der Waals surface area contributed by atoms with Gasteiger partial charge in [0, 0.05) is 0 Å². The van der Waals surface area contributed by atoms with Crippen molar-refractivity contribution in [3.8, 4) is 0 Å². The number of hydrogen-bond acceptors (Lipinski definition) is 5. The van der Waals surface area contributed by atoms with Crippen LogP contribution in [-0.4, -0.2) is 31.8 Å². The first-order valence-electron chi connectivity index (χ1n) is 5.59. The Hall–Kier alpha value is -1.85. The van der Waals surface area contributed by atoms with Gasteiger partial charge in [0.15, 0.2) is 0 Å². The Morgan fingerprint density at radius 3 is 2.17 bits per heavy atom. The molecule has 0 heterocycles. The summed E-state index contributed by atoms with van der Waals surface area (Å²) >= 11 is 0. The predicted octanol–water partition coefficient (Wildman–Crippen LogP) is 1.89. The van der Waals surface area contributed by atoms with Crippen LogP contribution in [0.15, 0.2) is 23.7 Å². The lowest BCUT2D eigenvalue weighted by Crippen LogP contribution is -2.10. The van der Waals surface area contributed by atoms with Crippen LogP contribution in [0.1, 0.15) is 20.8 Å². The highest BCUT2D eigenvalue weighted by Gasteiger charge is 2.18. The first-order chi connectivity index (χ1) is 8.56. The van der Waals surface area contributed by atoms with Gasteiger partial charge in [-0.25, -0.2) is 14.0 Å². The summed E-state index contributed by atoms with van der Waals surface area (Å²) < 4.78 is 27.7. The zero-order valence-electron chi connectivity index (χ0n) is 10.7. The van der Waals surface area contributed by atoms with Crippen LogP contribution in [0.3, 0.4) is 0 Å². The molecular formula is C12H17FO5. The quantitative estimate of drug-likeness (QED) is 0.303. The molecule has 0 aliphatic carbocycles. The topological polar surface area (TPSA) is 61.8 Å². The van der Waals surface area contributed by atoms with E-state index in [-0.39, 0.29) is 19.8 Å². The third-order valence-electron chi connectivity index (χ3n) is 1.65. The van der Waals surface area contributed by atoms with Crippen molar-refractivity contribution in [2.45, 2.75) is 20.8 Å². The monoisotopic (exact) mass is 260 g/mol.